The first kappa shape index (κ1) is 11.0. The molecule has 0 aliphatic rings. The second-order valence-electron chi connectivity index (χ2n) is 3.28. The van der Waals surface area contributed by atoms with Crippen LogP contribution in [0.3, 0.4) is 0 Å². The lowest BCUT2D eigenvalue weighted by Crippen LogP contribution is -2.08. The van der Waals surface area contributed by atoms with E-state index in [0.717, 1.165) is 6.20 Å². The van der Waals surface area contributed by atoms with Crippen molar-refractivity contribution in [3.8, 4) is 11.4 Å². The first-order valence-corrected chi connectivity index (χ1v) is 4.70. The summed E-state index contributed by atoms with van der Waals surface area (Å²) in [5.74, 6) is -1.80. The molecule has 0 atom stereocenters. The van der Waals surface area contributed by atoms with Crippen molar-refractivity contribution in [3.63, 3.8) is 0 Å². The van der Waals surface area contributed by atoms with Gasteiger partial charge in [0.05, 0.1) is 17.4 Å². The molecule has 0 saturated heterocycles. The zero-order chi connectivity index (χ0) is 12.4. The van der Waals surface area contributed by atoms with E-state index in [1.54, 1.807) is 6.07 Å². The maximum absolute atomic E-state index is 13.5. The van der Waals surface area contributed by atoms with Crippen LogP contribution in [0.1, 0.15) is 10.5 Å². The number of aromatic nitrogens is 2. The Hall–Kier alpha value is -2.50. The summed E-state index contributed by atoms with van der Waals surface area (Å²) in [5.41, 5.74) is 5.15. The highest BCUT2D eigenvalue weighted by molar-refractivity contribution is 5.91. The van der Waals surface area contributed by atoms with Gasteiger partial charge in [0.15, 0.2) is 11.5 Å². The van der Waals surface area contributed by atoms with Gasteiger partial charge in [-0.1, -0.05) is 12.1 Å². The SMILES string of the molecule is Nc1cnc(-c2ccccc2F)nc1C(=O)O. The topological polar surface area (TPSA) is 89.1 Å². The van der Waals surface area contributed by atoms with Crippen LogP contribution in [0.25, 0.3) is 11.4 Å². The van der Waals surface area contributed by atoms with Gasteiger partial charge in [0.1, 0.15) is 5.82 Å². The third-order valence-corrected chi connectivity index (χ3v) is 2.13. The highest BCUT2D eigenvalue weighted by Gasteiger charge is 2.14. The molecule has 2 aromatic rings. The average Bonchev–Trinajstić information content (AvgIpc) is 2.30. The second-order valence-corrected chi connectivity index (χ2v) is 3.28. The van der Waals surface area contributed by atoms with Gasteiger partial charge in [0.2, 0.25) is 0 Å². The normalized spacial score (nSPS) is 10.2. The minimum absolute atomic E-state index is 0.00491. The fraction of sp³-hybridized carbons (Fsp3) is 0. The zero-order valence-corrected chi connectivity index (χ0v) is 8.59. The molecular weight excluding hydrogens is 225 g/mol. The highest BCUT2D eigenvalue weighted by atomic mass is 19.1. The zero-order valence-electron chi connectivity index (χ0n) is 8.59. The van der Waals surface area contributed by atoms with Crippen molar-refractivity contribution >= 4 is 11.7 Å². The van der Waals surface area contributed by atoms with E-state index in [-0.39, 0.29) is 22.8 Å². The average molecular weight is 233 g/mol. The Morgan fingerprint density at radius 1 is 1.35 bits per heavy atom. The Kier molecular flexibility index (Phi) is 2.70. The number of benzene rings is 1. The fourth-order valence-electron chi connectivity index (χ4n) is 1.33. The quantitative estimate of drug-likeness (QED) is 0.821. The molecule has 1 heterocycles. The molecular formula is C11H8FN3O2. The molecule has 1 aromatic heterocycles. The molecule has 0 aliphatic heterocycles. The number of halogens is 1. The molecule has 3 N–H and O–H groups in total. The third kappa shape index (κ3) is 2.05. The minimum atomic E-state index is -1.28. The Morgan fingerprint density at radius 2 is 2.06 bits per heavy atom. The summed E-state index contributed by atoms with van der Waals surface area (Å²) < 4.78 is 13.5. The van der Waals surface area contributed by atoms with Gasteiger partial charge >= 0.3 is 5.97 Å². The predicted octanol–water partition coefficient (Wildman–Crippen LogP) is 1.56. The second kappa shape index (κ2) is 4.17. The maximum atomic E-state index is 13.5. The van der Waals surface area contributed by atoms with Gasteiger partial charge in [-0.25, -0.2) is 19.2 Å². The van der Waals surface area contributed by atoms with Crippen LogP contribution in [0.5, 0.6) is 0 Å². The van der Waals surface area contributed by atoms with E-state index in [0.29, 0.717) is 0 Å². The number of carboxylic acids is 1. The number of aromatic carboxylic acids is 1. The monoisotopic (exact) mass is 233 g/mol. The standard InChI is InChI=1S/C11H8FN3O2/c12-7-4-2-1-3-6(7)10-14-5-8(13)9(15-10)11(16)17/h1-5H,13H2,(H,16,17). The number of nitrogen functional groups attached to an aromatic ring is 1. The summed E-state index contributed by atoms with van der Waals surface area (Å²) >= 11 is 0. The van der Waals surface area contributed by atoms with E-state index >= 15 is 0 Å². The van der Waals surface area contributed by atoms with Gasteiger partial charge in [0.25, 0.3) is 0 Å². The van der Waals surface area contributed by atoms with Crippen molar-refractivity contribution in [1.82, 2.24) is 9.97 Å². The molecule has 0 spiro atoms. The number of nitrogens with two attached hydrogens (primary N) is 1. The molecule has 0 saturated carbocycles. The van der Waals surface area contributed by atoms with Gasteiger partial charge in [-0.05, 0) is 12.1 Å². The summed E-state index contributed by atoms with van der Waals surface area (Å²) in [6.45, 7) is 0. The van der Waals surface area contributed by atoms with Gasteiger partial charge in [-0.2, -0.15) is 0 Å². The molecule has 86 valence electrons. The predicted molar refractivity (Wildman–Crippen MR) is 58.8 cm³/mol. The van der Waals surface area contributed by atoms with Crippen molar-refractivity contribution in [2.45, 2.75) is 0 Å². The van der Waals surface area contributed by atoms with Crippen molar-refractivity contribution in [2.75, 3.05) is 5.73 Å². The lowest BCUT2D eigenvalue weighted by atomic mass is 10.2. The van der Waals surface area contributed by atoms with Crippen LogP contribution in [0, 0.1) is 5.82 Å². The molecule has 0 radical (unpaired) electrons. The Labute approximate surface area is 95.8 Å². The Balaban J connectivity index is 2.58. The van der Waals surface area contributed by atoms with Gasteiger partial charge in [-0.3, -0.25) is 0 Å². The molecule has 17 heavy (non-hydrogen) atoms. The Bertz CT molecular complexity index is 587. The number of hydrogen-bond donors (Lipinski definition) is 2. The van der Waals surface area contributed by atoms with Crippen molar-refractivity contribution < 1.29 is 14.3 Å². The number of rotatable bonds is 2. The molecule has 0 amide bonds. The van der Waals surface area contributed by atoms with Crippen LogP contribution >= 0.6 is 0 Å². The largest absolute Gasteiger partial charge is 0.476 e. The van der Waals surface area contributed by atoms with Gasteiger partial charge < -0.3 is 10.8 Å². The lowest BCUT2D eigenvalue weighted by Gasteiger charge is -2.04. The van der Waals surface area contributed by atoms with Crippen LogP contribution in [-0.4, -0.2) is 21.0 Å². The minimum Gasteiger partial charge on any atom is -0.476 e. The van der Waals surface area contributed by atoms with Crippen LogP contribution < -0.4 is 5.73 Å². The van der Waals surface area contributed by atoms with Crippen LogP contribution in [0.4, 0.5) is 10.1 Å². The van der Waals surface area contributed by atoms with Crippen molar-refractivity contribution in [2.24, 2.45) is 0 Å². The van der Waals surface area contributed by atoms with Crippen molar-refractivity contribution in [3.05, 3.63) is 42.0 Å². The van der Waals surface area contributed by atoms with Crippen LogP contribution in [-0.2, 0) is 0 Å². The number of carboxylic acid groups (broad SMARTS) is 1. The van der Waals surface area contributed by atoms with E-state index in [4.69, 9.17) is 10.8 Å². The summed E-state index contributed by atoms with van der Waals surface area (Å²) in [7, 11) is 0. The lowest BCUT2D eigenvalue weighted by molar-refractivity contribution is 0.0691. The van der Waals surface area contributed by atoms with Crippen LogP contribution in [0.2, 0.25) is 0 Å². The van der Waals surface area contributed by atoms with Crippen molar-refractivity contribution in [1.29, 1.82) is 0 Å². The first-order valence-electron chi connectivity index (χ1n) is 4.70. The van der Waals surface area contributed by atoms with E-state index in [2.05, 4.69) is 9.97 Å². The summed E-state index contributed by atoms with van der Waals surface area (Å²) in [6.07, 6.45) is 1.15. The summed E-state index contributed by atoms with van der Waals surface area (Å²) in [4.78, 5) is 18.4. The summed E-state index contributed by atoms with van der Waals surface area (Å²) in [6, 6.07) is 5.84. The summed E-state index contributed by atoms with van der Waals surface area (Å²) in [5, 5.41) is 8.84. The first-order chi connectivity index (χ1) is 8.09. The number of hydrogen-bond acceptors (Lipinski definition) is 4. The van der Waals surface area contributed by atoms with Crippen LogP contribution in [0.15, 0.2) is 30.5 Å². The number of anilines is 1. The fourth-order valence-corrected chi connectivity index (χ4v) is 1.33. The van der Waals surface area contributed by atoms with Gasteiger partial charge in [0, 0.05) is 0 Å². The van der Waals surface area contributed by atoms with E-state index in [9.17, 15) is 9.18 Å². The number of nitrogens with zero attached hydrogens (tertiary/aromatic N) is 2. The molecule has 2 rings (SSSR count). The molecule has 1 aromatic carbocycles. The molecule has 0 bridgehead atoms. The number of carbonyl (C=O) groups is 1. The molecule has 5 nitrogen and oxygen atoms in total. The van der Waals surface area contributed by atoms with E-state index < -0.39 is 11.8 Å². The third-order valence-electron chi connectivity index (χ3n) is 2.13. The highest BCUT2D eigenvalue weighted by Crippen LogP contribution is 2.20. The Morgan fingerprint density at radius 3 is 2.71 bits per heavy atom. The van der Waals surface area contributed by atoms with Gasteiger partial charge in [-0.15, -0.1) is 0 Å². The molecule has 0 unspecified atom stereocenters. The molecule has 0 aliphatic carbocycles. The molecule has 6 heteroatoms. The van der Waals surface area contributed by atoms with E-state index in [1.807, 2.05) is 0 Å². The van der Waals surface area contributed by atoms with E-state index in [1.165, 1.54) is 18.2 Å². The molecule has 0 fully saturated rings. The smallest absolute Gasteiger partial charge is 0.356 e. The maximum Gasteiger partial charge on any atom is 0.356 e.